The molecule has 0 atom stereocenters. The van der Waals surface area contributed by atoms with Crippen molar-refractivity contribution in [2.75, 3.05) is 6.61 Å². The maximum absolute atomic E-state index is 13.3. The van der Waals surface area contributed by atoms with Gasteiger partial charge in [-0.2, -0.15) is 0 Å². The molecule has 2 heterocycles. The van der Waals surface area contributed by atoms with E-state index < -0.39 is 0 Å². The van der Waals surface area contributed by atoms with Gasteiger partial charge in [-0.15, -0.1) is 0 Å². The number of hydrogen-bond acceptors (Lipinski definition) is 5. The molecule has 8 heteroatoms. The highest BCUT2D eigenvalue weighted by Crippen LogP contribution is 2.35. The molecule has 0 aliphatic carbocycles. The minimum atomic E-state index is -0.0669. The third-order valence-corrected chi connectivity index (χ3v) is 7.95. The second kappa shape index (κ2) is 9.79. The molecule has 0 saturated heterocycles. The van der Waals surface area contributed by atoms with E-state index in [-0.39, 0.29) is 5.56 Å². The number of aryl methyl sites for hydroxylation is 2. The monoisotopic (exact) mass is 616 g/mol. The Kier molecular flexibility index (Phi) is 6.74. The predicted octanol–water partition coefficient (Wildman–Crippen LogP) is 6.31. The first-order valence-electron chi connectivity index (χ1n) is 11.1. The van der Waals surface area contributed by atoms with Gasteiger partial charge in [-0.3, -0.25) is 4.79 Å². The quantitative estimate of drug-likeness (QED) is 0.210. The van der Waals surface area contributed by atoms with Gasteiger partial charge in [0.1, 0.15) is 6.61 Å². The minimum Gasteiger partial charge on any atom is -0.490 e. The Morgan fingerprint density at radius 1 is 1.11 bits per heavy atom. The van der Waals surface area contributed by atoms with E-state index in [0.29, 0.717) is 39.2 Å². The number of ether oxygens (including phenoxy) is 2. The number of imidazole rings is 1. The summed E-state index contributed by atoms with van der Waals surface area (Å²) in [6.07, 6.45) is 1.89. The van der Waals surface area contributed by atoms with Gasteiger partial charge < -0.3 is 9.47 Å². The lowest BCUT2D eigenvalue weighted by Gasteiger charge is -2.15. The lowest BCUT2D eigenvalue weighted by atomic mass is 10.1. The van der Waals surface area contributed by atoms with E-state index in [1.54, 1.807) is 4.40 Å². The third kappa shape index (κ3) is 4.64. The molecule has 5 nitrogen and oxygen atoms in total. The normalized spacial score (nSPS) is 12.1. The van der Waals surface area contributed by atoms with Gasteiger partial charge in [0.25, 0.3) is 5.56 Å². The Bertz CT molecular complexity index is 1690. The van der Waals surface area contributed by atoms with Crippen molar-refractivity contribution in [1.29, 1.82) is 0 Å². The molecule has 35 heavy (non-hydrogen) atoms. The van der Waals surface area contributed by atoms with Crippen molar-refractivity contribution in [2.45, 2.75) is 27.4 Å². The Morgan fingerprint density at radius 2 is 1.89 bits per heavy atom. The number of hydrogen-bond donors (Lipinski definition) is 0. The van der Waals surface area contributed by atoms with E-state index in [9.17, 15) is 4.79 Å². The molecule has 5 aromatic rings. The Labute approximate surface area is 225 Å². The van der Waals surface area contributed by atoms with E-state index in [2.05, 4.69) is 34.5 Å². The summed E-state index contributed by atoms with van der Waals surface area (Å²) in [5.74, 6) is 1.28. The summed E-state index contributed by atoms with van der Waals surface area (Å²) < 4.78 is 15.2. The maximum atomic E-state index is 13.3. The zero-order valence-corrected chi connectivity index (χ0v) is 23.1. The zero-order valence-electron chi connectivity index (χ0n) is 19.4. The highest BCUT2D eigenvalue weighted by Gasteiger charge is 2.15. The van der Waals surface area contributed by atoms with Crippen LogP contribution in [0.5, 0.6) is 11.5 Å². The number of aromatic nitrogens is 2. The predicted molar refractivity (Wildman–Crippen MR) is 151 cm³/mol. The number of benzene rings is 3. The van der Waals surface area contributed by atoms with Crippen LogP contribution in [0.2, 0.25) is 5.02 Å². The summed E-state index contributed by atoms with van der Waals surface area (Å²) in [7, 11) is 0. The number of nitrogens with zero attached hydrogens (tertiary/aromatic N) is 2. The molecule has 3 aromatic carbocycles. The second-order valence-corrected chi connectivity index (χ2v) is 10.8. The highest BCUT2D eigenvalue weighted by atomic mass is 127. The summed E-state index contributed by atoms with van der Waals surface area (Å²) in [4.78, 5) is 18.7. The van der Waals surface area contributed by atoms with Crippen molar-refractivity contribution in [1.82, 2.24) is 9.38 Å². The molecule has 0 N–H and O–H groups in total. The average molecular weight is 617 g/mol. The lowest BCUT2D eigenvalue weighted by molar-refractivity contribution is 0.267. The highest BCUT2D eigenvalue weighted by molar-refractivity contribution is 14.1. The summed E-state index contributed by atoms with van der Waals surface area (Å²) in [5, 5.41) is 0.661. The summed E-state index contributed by atoms with van der Waals surface area (Å²) in [6.45, 7) is 6.85. The minimum absolute atomic E-state index is 0.0669. The van der Waals surface area contributed by atoms with Gasteiger partial charge in [0.05, 0.1) is 25.7 Å². The van der Waals surface area contributed by atoms with Crippen LogP contribution in [0.4, 0.5) is 0 Å². The number of fused-ring (bicyclic) bond motifs is 3. The molecule has 0 fully saturated rings. The molecule has 0 saturated carbocycles. The molecule has 2 aromatic heterocycles. The van der Waals surface area contributed by atoms with Crippen molar-refractivity contribution in [3.63, 3.8) is 0 Å². The molecule has 0 amide bonds. The van der Waals surface area contributed by atoms with Crippen LogP contribution in [0.1, 0.15) is 29.2 Å². The standard InChI is InChI=1S/C27H22ClIN2O3S/c1-4-33-23-12-17(11-20(29)25(23)34-14-18-7-5-6-8-19(18)28)13-24-26(32)31-22-10-16(3)15(2)9-21(22)30-27(31)35-24/h5-13H,4,14H2,1-3H3/b24-13-. The van der Waals surface area contributed by atoms with Gasteiger partial charge in [0.15, 0.2) is 16.5 Å². The van der Waals surface area contributed by atoms with Crippen LogP contribution in [0.15, 0.2) is 53.3 Å². The van der Waals surface area contributed by atoms with E-state index in [0.717, 1.165) is 36.9 Å². The largest absolute Gasteiger partial charge is 0.490 e. The van der Waals surface area contributed by atoms with Gasteiger partial charge in [-0.1, -0.05) is 41.1 Å². The van der Waals surface area contributed by atoms with Crippen molar-refractivity contribution in [2.24, 2.45) is 0 Å². The van der Waals surface area contributed by atoms with E-state index in [1.165, 1.54) is 11.3 Å². The van der Waals surface area contributed by atoms with Crippen LogP contribution >= 0.6 is 45.5 Å². The third-order valence-electron chi connectivity index (χ3n) is 5.81. The molecule has 0 spiro atoms. The average Bonchev–Trinajstić information content (AvgIpc) is 3.30. The summed E-state index contributed by atoms with van der Waals surface area (Å²) in [6, 6.07) is 15.6. The lowest BCUT2D eigenvalue weighted by Crippen LogP contribution is -2.22. The van der Waals surface area contributed by atoms with Crippen LogP contribution in [0.3, 0.4) is 0 Å². The first-order valence-corrected chi connectivity index (χ1v) is 13.4. The molecular weight excluding hydrogens is 595 g/mol. The van der Waals surface area contributed by atoms with Crippen molar-refractivity contribution in [3.8, 4) is 11.5 Å². The summed E-state index contributed by atoms with van der Waals surface area (Å²) >= 11 is 9.91. The molecule has 178 valence electrons. The number of rotatable bonds is 6. The van der Waals surface area contributed by atoms with Crippen molar-refractivity contribution >= 4 is 67.6 Å². The van der Waals surface area contributed by atoms with Crippen molar-refractivity contribution < 1.29 is 9.47 Å². The smallest absolute Gasteiger partial charge is 0.274 e. The van der Waals surface area contributed by atoms with Gasteiger partial charge in [-0.05, 0) is 96.5 Å². The first-order chi connectivity index (χ1) is 16.9. The SMILES string of the molecule is CCOc1cc(/C=c2\sc3nc4cc(C)c(C)cc4n3c2=O)cc(I)c1OCc1ccccc1Cl. The first kappa shape index (κ1) is 24.1. The Morgan fingerprint density at radius 3 is 2.66 bits per heavy atom. The fourth-order valence-electron chi connectivity index (χ4n) is 3.91. The van der Waals surface area contributed by atoms with E-state index in [4.69, 9.17) is 21.1 Å². The number of halogens is 2. The molecule has 0 bridgehead atoms. The molecule has 5 rings (SSSR count). The van der Waals surface area contributed by atoms with Gasteiger partial charge >= 0.3 is 0 Å². The second-order valence-electron chi connectivity index (χ2n) is 8.21. The van der Waals surface area contributed by atoms with Gasteiger partial charge in [0, 0.05) is 10.6 Å². The van der Waals surface area contributed by atoms with Crippen molar-refractivity contribution in [3.05, 3.63) is 94.3 Å². The van der Waals surface area contributed by atoms with Crippen LogP contribution < -0.4 is 19.6 Å². The van der Waals surface area contributed by atoms with Crippen LogP contribution in [-0.2, 0) is 6.61 Å². The fourth-order valence-corrected chi connectivity index (χ4v) is 5.87. The topological polar surface area (TPSA) is 52.8 Å². The number of thiazole rings is 1. The summed E-state index contributed by atoms with van der Waals surface area (Å²) in [5.41, 5.74) is 5.69. The molecule has 0 aliphatic heterocycles. The zero-order chi connectivity index (χ0) is 24.7. The molecular formula is C27H22ClIN2O3S. The van der Waals surface area contributed by atoms with Crippen LogP contribution in [0, 0.1) is 17.4 Å². The van der Waals surface area contributed by atoms with Gasteiger partial charge in [-0.25, -0.2) is 9.38 Å². The fraction of sp³-hybridized carbons (Fsp3) is 0.185. The molecule has 0 aliphatic rings. The van der Waals surface area contributed by atoms with E-state index >= 15 is 0 Å². The van der Waals surface area contributed by atoms with Crippen LogP contribution in [0.25, 0.3) is 22.1 Å². The molecule has 0 unspecified atom stereocenters. The van der Waals surface area contributed by atoms with Gasteiger partial charge in [0.2, 0.25) is 0 Å². The maximum Gasteiger partial charge on any atom is 0.274 e. The van der Waals surface area contributed by atoms with E-state index in [1.807, 2.05) is 68.5 Å². The Hall–Kier alpha value is -2.62. The Balaban J connectivity index is 1.55. The van der Waals surface area contributed by atoms with Crippen LogP contribution in [-0.4, -0.2) is 16.0 Å². The molecule has 0 radical (unpaired) electrons.